The molecule has 1 aromatic heterocycles. The summed E-state index contributed by atoms with van der Waals surface area (Å²) < 4.78 is 27.2. The lowest BCUT2D eigenvalue weighted by molar-refractivity contribution is -0.131. The first-order valence-electron chi connectivity index (χ1n) is 9.60. The van der Waals surface area contributed by atoms with Crippen molar-refractivity contribution in [2.45, 2.75) is 12.8 Å². The molecule has 1 N–H and O–H groups in total. The number of aryl methyl sites for hydroxylation is 1. The van der Waals surface area contributed by atoms with Crippen molar-refractivity contribution in [2.24, 2.45) is 0 Å². The van der Waals surface area contributed by atoms with Gasteiger partial charge in [-0.2, -0.15) is 0 Å². The van der Waals surface area contributed by atoms with Gasteiger partial charge in [-0.15, -0.1) is 0 Å². The molecule has 1 fully saturated rings. The van der Waals surface area contributed by atoms with Gasteiger partial charge in [-0.3, -0.25) is 9.59 Å². The van der Waals surface area contributed by atoms with Gasteiger partial charge in [0.25, 0.3) is 5.56 Å². The van der Waals surface area contributed by atoms with Crippen molar-refractivity contribution in [2.75, 3.05) is 31.1 Å². The van der Waals surface area contributed by atoms with Gasteiger partial charge in [0.2, 0.25) is 5.91 Å². The number of benzene rings is 2. The van der Waals surface area contributed by atoms with Crippen LogP contribution in [0.15, 0.2) is 53.3 Å². The Balaban J connectivity index is 1.37. The predicted molar refractivity (Wildman–Crippen MR) is 108 cm³/mol. The monoisotopic (exact) mass is 397 g/mol. The molecule has 150 valence electrons. The fourth-order valence-corrected chi connectivity index (χ4v) is 3.71. The molecule has 5 nitrogen and oxygen atoms in total. The van der Waals surface area contributed by atoms with E-state index in [0.29, 0.717) is 49.4 Å². The van der Waals surface area contributed by atoms with Crippen molar-refractivity contribution < 1.29 is 13.6 Å². The van der Waals surface area contributed by atoms with Crippen LogP contribution in [0.4, 0.5) is 14.5 Å². The van der Waals surface area contributed by atoms with E-state index in [2.05, 4.69) is 4.98 Å². The summed E-state index contributed by atoms with van der Waals surface area (Å²) in [6, 6.07) is 12.6. The molecule has 0 saturated carbocycles. The molecule has 0 radical (unpaired) electrons. The van der Waals surface area contributed by atoms with E-state index in [1.54, 1.807) is 35.2 Å². The standard InChI is InChI=1S/C22H21F2N3O2/c23-17-7-5-15-13-16(22(29)25-19(15)14-17)6-8-21(28)27-11-9-26(10-12-27)20-4-2-1-3-18(20)24/h1-5,7,13-14H,6,8-12H2,(H,25,29). The first-order chi connectivity index (χ1) is 14.0. The Bertz CT molecular complexity index is 1100. The topological polar surface area (TPSA) is 56.4 Å². The molecule has 1 aliphatic rings. The zero-order chi connectivity index (χ0) is 20.4. The van der Waals surface area contributed by atoms with Gasteiger partial charge in [0.1, 0.15) is 11.6 Å². The molecule has 0 bridgehead atoms. The Morgan fingerprint density at radius 3 is 2.52 bits per heavy atom. The van der Waals surface area contributed by atoms with E-state index in [1.165, 1.54) is 18.2 Å². The van der Waals surface area contributed by atoms with Crippen molar-refractivity contribution in [3.8, 4) is 0 Å². The van der Waals surface area contributed by atoms with Crippen molar-refractivity contribution >= 4 is 22.5 Å². The summed E-state index contributed by atoms with van der Waals surface area (Å²) in [5.74, 6) is -0.704. The minimum Gasteiger partial charge on any atom is -0.366 e. The third-order valence-corrected chi connectivity index (χ3v) is 5.32. The maximum absolute atomic E-state index is 13.9. The van der Waals surface area contributed by atoms with E-state index < -0.39 is 5.82 Å². The number of pyridine rings is 1. The maximum atomic E-state index is 13.9. The smallest absolute Gasteiger partial charge is 0.251 e. The number of halogens is 2. The van der Waals surface area contributed by atoms with Gasteiger partial charge in [-0.05, 0) is 48.2 Å². The molecule has 1 aliphatic heterocycles. The molecule has 7 heteroatoms. The first kappa shape index (κ1) is 19.1. The van der Waals surface area contributed by atoms with Crippen LogP contribution in [0, 0.1) is 11.6 Å². The summed E-state index contributed by atoms with van der Waals surface area (Å²) in [5, 5.41) is 0.729. The van der Waals surface area contributed by atoms with Gasteiger partial charge in [-0.1, -0.05) is 12.1 Å². The molecule has 2 heterocycles. The number of amides is 1. The van der Waals surface area contributed by atoms with Crippen LogP contribution in [-0.2, 0) is 11.2 Å². The zero-order valence-corrected chi connectivity index (χ0v) is 15.8. The number of piperazine rings is 1. The van der Waals surface area contributed by atoms with Crippen LogP contribution in [0.25, 0.3) is 10.9 Å². The highest BCUT2D eigenvalue weighted by Crippen LogP contribution is 2.20. The summed E-state index contributed by atoms with van der Waals surface area (Å²) in [4.78, 5) is 31.2. The molecule has 2 aromatic carbocycles. The summed E-state index contributed by atoms with van der Waals surface area (Å²) in [5.41, 5.74) is 1.19. The minimum absolute atomic E-state index is 0.0308. The van der Waals surface area contributed by atoms with Crippen molar-refractivity contribution in [3.05, 3.63) is 76.1 Å². The molecule has 0 unspecified atom stereocenters. The number of para-hydroxylation sites is 1. The number of H-pyrrole nitrogens is 1. The van der Waals surface area contributed by atoms with Gasteiger partial charge < -0.3 is 14.8 Å². The fourth-order valence-electron chi connectivity index (χ4n) is 3.71. The summed E-state index contributed by atoms with van der Waals surface area (Å²) in [6.45, 7) is 2.16. The number of nitrogens with one attached hydrogen (secondary N) is 1. The number of carbonyl (C=O) groups excluding carboxylic acids is 1. The van der Waals surface area contributed by atoms with Crippen molar-refractivity contribution in [3.63, 3.8) is 0 Å². The van der Waals surface area contributed by atoms with Gasteiger partial charge in [0.15, 0.2) is 0 Å². The molecular formula is C22H21F2N3O2. The molecule has 3 aromatic rings. The molecule has 0 spiro atoms. The number of rotatable bonds is 4. The average molecular weight is 397 g/mol. The molecule has 0 aliphatic carbocycles. The quantitative estimate of drug-likeness (QED) is 0.736. The molecular weight excluding hydrogens is 376 g/mol. The summed E-state index contributed by atoms with van der Waals surface area (Å²) >= 11 is 0. The Labute approximate surface area is 166 Å². The van der Waals surface area contributed by atoms with Crippen LogP contribution < -0.4 is 10.5 Å². The number of hydrogen-bond donors (Lipinski definition) is 1. The van der Waals surface area contributed by atoms with E-state index >= 15 is 0 Å². The number of nitrogens with zero attached hydrogens (tertiary/aromatic N) is 2. The predicted octanol–water partition coefficient (Wildman–Crippen LogP) is 3.09. The van der Waals surface area contributed by atoms with Crippen LogP contribution in [0.1, 0.15) is 12.0 Å². The summed E-state index contributed by atoms with van der Waals surface area (Å²) in [7, 11) is 0. The van der Waals surface area contributed by atoms with E-state index in [4.69, 9.17) is 0 Å². The number of aromatic amines is 1. The number of anilines is 1. The molecule has 1 amide bonds. The van der Waals surface area contributed by atoms with Crippen LogP contribution >= 0.6 is 0 Å². The SMILES string of the molecule is O=C(CCc1cc2ccc(F)cc2[nH]c1=O)N1CCN(c2ccccc2F)CC1. The van der Waals surface area contributed by atoms with Crippen LogP contribution in [0.2, 0.25) is 0 Å². The third kappa shape index (κ3) is 4.13. The lowest BCUT2D eigenvalue weighted by Crippen LogP contribution is -2.49. The zero-order valence-electron chi connectivity index (χ0n) is 15.8. The highest BCUT2D eigenvalue weighted by Gasteiger charge is 2.22. The van der Waals surface area contributed by atoms with Gasteiger partial charge >= 0.3 is 0 Å². The molecule has 0 atom stereocenters. The second-order valence-corrected chi connectivity index (χ2v) is 7.17. The Morgan fingerprint density at radius 2 is 1.76 bits per heavy atom. The Kier molecular flexibility index (Phi) is 5.29. The third-order valence-electron chi connectivity index (χ3n) is 5.32. The fraction of sp³-hybridized carbons (Fsp3) is 0.273. The van der Waals surface area contributed by atoms with E-state index in [-0.39, 0.29) is 23.7 Å². The van der Waals surface area contributed by atoms with Gasteiger partial charge in [0.05, 0.1) is 11.2 Å². The minimum atomic E-state index is -0.411. The van der Waals surface area contributed by atoms with Crippen molar-refractivity contribution in [1.29, 1.82) is 0 Å². The second-order valence-electron chi connectivity index (χ2n) is 7.17. The average Bonchev–Trinajstić information content (AvgIpc) is 2.72. The molecule has 29 heavy (non-hydrogen) atoms. The van der Waals surface area contributed by atoms with E-state index in [0.717, 1.165) is 5.39 Å². The highest BCUT2D eigenvalue weighted by atomic mass is 19.1. The van der Waals surface area contributed by atoms with E-state index in [1.807, 2.05) is 4.90 Å². The second kappa shape index (κ2) is 8.03. The number of carbonyl (C=O) groups is 1. The molecule has 1 saturated heterocycles. The van der Waals surface area contributed by atoms with Gasteiger partial charge in [-0.25, -0.2) is 8.78 Å². The van der Waals surface area contributed by atoms with Crippen LogP contribution in [0.3, 0.4) is 0 Å². The van der Waals surface area contributed by atoms with Crippen LogP contribution in [-0.4, -0.2) is 42.0 Å². The lowest BCUT2D eigenvalue weighted by Gasteiger charge is -2.36. The number of aromatic nitrogens is 1. The van der Waals surface area contributed by atoms with Crippen molar-refractivity contribution in [1.82, 2.24) is 9.88 Å². The summed E-state index contributed by atoms with van der Waals surface area (Å²) in [6.07, 6.45) is 0.532. The molecule has 4 rings (SSSR count). The van der Waals surface area contributed by atoms with Gasteiger partial charge in [0, 0.05) is 38.2 Å². The highest BCUT2D eigenvalue weighted by molar-refractivity contribution is 5.80. The Hall–Kier alpha value is -3.22. The van der Waals surface area contributed by atoms with E-state index in [9.17, 15) is 18.4 Å². The lowest BCUT2D eigenvalue weighted by atomic mass is 10.1. The van der Waals surface area contributed by atoms with Crippen LogP contribution in [0.5, 0.6) is 0 Å². The largest absolute Gasteiger partial charge is 0.366 e. The normalized spacial score (nSPS) is 14.4. The number of fused-ring (bicyclic) bond motifs is 1. The number of hydrogen-bond acceptors (Lipinski definition) is 3. The maximum Gasteiger partial charge on any atom is 0.251 e. The first-order valence-corrected chi connectivity index (χ1v) is 9.60. The Morgan fingerprint density at radius 1 is 1.00 bits per heavy atom.